The van der Waals surface area contributed by atoms with Gasteiger partial charge in [-0.1, -0.05) is 18.2 Å². The Morgan fingerprint density at radius 2 is 1.91 bits per heavy atom. The summed E-state index contributed by atoms with van der Waals surface area (Å²) in [5.74, 6) is 0.575. The van der Waals surface area contributed by atoms with Crippen molar-refractivity contribution in [3.05, 3.63) is 53.1 Å². The van der Waals surface area contributed by atoms with E-state index in [1.807, 2.05) is 12.1 Å². The van der Waals surface area contributed by atoms with Gasteiger partial charge in [0.1, 0.15) is 0 Å². The number of ether oxygens (including phenoxy) is 3. The van der Waals surface area contributed by atoms with Crippen LogP contribution in [0.5, 0.6) is 11.5 Å². The summed E-state index contributed by atoms with van der Waals surface area (Å²) in [5, 5.41) is 3.11. The van der Waals surface area contributed by atoms with E-state index in [-0.39, 0.29) is 18.5 Å². The molecule has 0 bridgehead atoms. The fourth-order valence-corrected chi connectivity index (χ4v) is 2.75. The number of nitrogens with one attached hydrogen (secondary N) is 1. The molecule has 23 heavy (non-hydrogen) atoms. The summed E-state index contributed by atoms with van der Waals surface area (Å²) in [6, 6.07) is 10.5. The Balaban J connectivity index is 1.73. The van der Waals surface area contributed by atoms with Gasteiger partial charge in [-0.2, -0.15) is 0 Å². The number of rotatable bonds is 3. The predicted molar refractivity (Wildman–Crippen MR) is 80.8 cm³/mol. The van der Waals surface area contributed by atoms with Crippen molar-refractivity contribution in [3.8, 4) is 11.5 Å². The lowest BCUT2D eigenvalue weighted by Gasteiger charge is -2.17. The van der Waals surface area contributed by atoms with E-state index in [1.54, 1.807) is 24.3 Å². The molecule has 2 aromatic rings. The van der Waals surface area contributed by atoms with Gasteiger partial charge in [-0.05, 0) is 19.1 Å². The highest BCUT2D eigenvalue weighted by Crippen LogP contribution is 2.39. The Labute approximate surface area is 132 Å². The molecule has 0 spiro atoms. The number of cyclic esters (lactones) is 1. The van der Waals surface area contributed by atoms with Crippen LogP contribution in [0.15, 0.2) is 36.4 Å². The molecule has 0 aliphatic carbocycles. The molecule has 0 saturated heterocycles. The van der Waals surface area contributed by atoms with Crippen molar-refractivity contribution in [3.63, 3.8) is 0 Å². The summed E-state index contributed by atoms with van der Waals surface area (Å²) in [5.41, 5.74) is 2.26. The first-order valence-electron chi connectivity index (χ1n) is 7.14. The number of hydrogen-bond acceptors (Lipinski definition) is 6. The number of fused-ring (bicyclic) bond motifs is 2. The standard InChI is InChI=1S/C17H13NO5/c1-9(19)12-6-14-15(22-8-21-14)7-13(12)18-16-10-4-2-3-5-11(10)17(20)23-16/h2-7,16,18H,8H2,1H3. The normalized spacial score (nSPS) is 17.6. The van der Waals surface area contributed by atoms with Gasteiger partial charge < -0.3 is 19.5 Å². The van der Waals surface area contributed by atoms with Crippen molar-refractivity contribution >= 4 is 17.4 Å². The first kappa shape index (κ1) is 13.6. The van der Waals surface area contributed by atoms with Gasteiger partial charge in [-0.25, -0.2) is 4.79 Å². The van der Waals surface area contributed by atoms with Gasteiger partial charge >= 0.3 is 5.97 Å². The van der Waals surface area contributed by atoms with Crippen LogP contribution in [0, 0.1) is 0 Å². The third-order valence-corrected chi connectivity index (χ3v) is 3.87. The van der Waals surface area contributed by atoms with Crippen molar-refractivity contribution in [1.29, 1.82) is 0 Å². The number of Topliss-reactive ketones (excluding diaryl/α,β-unsaturated/α-hetero) is 1. The van der Waals surface area contributed by atoms with Crippen molar-refractivity contribution in [2.75, 3.05) is 12.1 Å². The Kier molecular flexibility index (Phi) is 2.97. The topological polar surface area (TPSA) is 73.9 Å². The zero-order chi connectivity index (χ0) is 16.0. The molecule has 6 nitrogen and oxygen atoms in total. The van der Waals surface area contributed by atoms with E-state index in [0.29, 0.717) is 28.3 Å². The maximum Gasteiger partial charge on any atom is 0.340 e. The SMILES string of the molecule is CC(=O)c1cc2c(cc1NC1OC(=O)c3ccccc31)OCO2. The van der Waals surface area contributed by atoms with E-state index < -0.39 is 6.23 Å². The fraction of sp³-hybridized carbons (Fsp3) is 0.176. The van der Waals surface area contributed by atoms with E-state index >= 15 is 0 Å². The number of anilines is 1. The first-order valence-corrected chi connectivity index (χ1v) is 7.14. The molecule has 6 heteroatoms. The van der Waals surface area contributed by atoms with E-state index in [2.05, 4.69) is 5.32 Å². The second-order valence-corrected chi connectivity index (χ2v) is 5.32. The van der Waals surface area contributed by atoms with Crippen molar-refractivity contribution in [1.82, 2.24) is 0 Å². The maximum absolute atomic E-state index is 11.9. The van der Waals surface area contributed by atoms with Gasteiger partial charge in [0.05, 0.1) is 11.3 Å². The quantitative estimate of drug-likeness (QED) is 0.694. The number of benzene rings is 2. The van der Waals surface area contributed by atoms with Crippen molar-refractivity contribution in [2.24, 2.45) is 0 Å². The number of ketones is 1. The summed E-state index contributed by atoms with van der Waals surface area (Å²) in [6.07, 6.45) is -0.642. The zero-order valence-electron chi connectivity index (χ0n) is 12.3. The van der Waals surface area contributed by atoms with E-state index in [0.717, 1.165) is 5.56 Å². The minimum absolute atomic E-state index is 0.122. The molecule has 2 aromatic carbocycles. The molecule has 4 rings (SSSR count). The van der Waals surface area contributed by atoms with Crippen LogP contribution in [0.3, 0.4) is 0 Å². The first-order chi connectivity index (χ1) is 11.1. The lowest BCUT2D eigenvalue weighted by atomic mass is 10.1. The summed E-state index contributed by atoms with van der Waals surface area (Å²) < 4.78 is 16.0. The second-order valence-electron chi connectivity index (χ2n) is 5.32. The van der Waals surface area contributed by atoms with Crippen LogP contribution < -0.4 is 14.8 Å². The number of hydrogen-bond donors (Lipinski definition) is 1. The summed E-state index contributed by atoms with van der Waals surface area (Å²) in [6.45, 7) is 1.59. The average molecular weight is 311 g/mol. The molecule has 116 valence electrons. The maximum atomic E-state index is 11.9. The largest absolute Gasteiger partial charge is 0.454 e. The molecule has 2 heterocycles. The Morgan fingerprint density at radius 1 is 1.17 bits per heavy atom. The molecule has 2 aliphatic heterocycles. The van der Waals surface area contributed by atoms with Crippen LogP contribution in [0.4, 0.5) is 5.69 Å². The molecule has 1 N–H and O–H groups in total. The third-order valence-electron chi connectivity index (χ3n) is 3.87. The minimum atomic E-state index is -0.642. The van der Waals surface area contributed by atoms with Crippen LogP contribution in [-0.4, -0.2) is 18.5 Å². The zero-order valence-corrected chi connectivity index (χ0v) is 12.3. The van der Waals surface area contributed by atoms with Crippen LogP contribution in [0.1, 0.15) is 39.4 Å². The molecule has 1 atom stereocenters. The molecule has 1 unspecified atom stereocenters. The summed E-state index contributed by atoms with van der Waals surface area (Å²) in [7, 11) is 0. The van der Waals surface area contributed by atoms with Gasteiger partial charge in [0.15, 0.2) is 17.3 Å². The Morgan fingerprint density at radius 3 is 2.70 bits per heavy atom. The number of esters is 1. The van der Waals surface area contributed by atoms with Gasteiger partial charge in [-0.3, -0.25) is 4.79 Å². The molecule has 0 amide bonds. The van der Waals surface area contributed by atoms with Crippen LogP contribution in [0.2, 0.25) is 0 Å². The molecule has 0 radical (unpaired) electrons. The van der Waals surface area contributed by atoms with Crippen LogP contribution in [-0.2, 0) is 4.74 Å². The van der Waals surface area contributed by atoms with Gasteiger partial charge in [0.25, 0.3) is 0 Å². The fourth-order valence-electron chi connectivity index (χ4n) is 2.75. The predicted octanol–water partition coefficient (Wildman–Crippen LogP) is 2.90. The van der Waals surface area contributed by atoms with Gasteiger partial charge in [0, 0.05) is 17.2 Å². The second kappa shape index (κ2) is 5.01. The number of carbonyl (C=O) groups is 2. The van der Waals surface area contributed by atoms with Crippen molar-refractivity contribution in [2.45, 2.75) is 13.2 Å². The highest BCUT2D eigenvalue weighted by molar-refractivity contribution is 6.01. The van der Waals surface area contributed by atoms with E-state index in [1.165, 1.54) is 6.92 Å². The smallest absolute Gasteiger partial charge is 0.340 e. The molecule has 0 fully saturated rings. The van der Waals surface area contributed by atoms with E-state index in [9.17, 15) is 9.59 Å². The molecule has 0 aromatic heterocycles. The van der Waals surface area contributed by atoms with Gasteiger partial charge in [0.2, 0.25) is 13.0 Å². The molecule has 2 aliphatic rings. The molecular formula is C17H13NO5. The Bertz CT molecular complexity index is 830. The lowest BCUT2D eigenvalue weighted by Crippen LogP contribution is -2.13. The average Bonchev–Trinajstić information content (AvgIpc) is 3.12. The highest BCUT2D eigenvalue weighted by Gasteiger charge is 2.31. The minimum Gasteiger partial charge on any atom is -0.454 e. The lowest BCUT2D eigenvalue weighted by molar-refractivity contribution is 0.0437. The van der Waals surface area contributed by atoms with Crippen LogP contribution in [0.25, 0.3) is 0 Å². The Hall–Kier alpha value is -3.02. The van der Waals surface area contributed by atoms with Gasteiger partial charge in [-0.15, -0.1) is 0 Å². The van der Waals surface area contributed by atoms with E-state index in [4.69, 9.17) is 14.2 Å². The summed E-state index contributed by atoms with van der Waals surface area (Å²) in [4.78, 5) is 23.8. The monoisotopic (exact) mass is 311 g/mol. The molecular weight excluding hydrogens is 298 g/mol. The molecule has 0 saturated carbocycles. The van der Waals surface area contributed by atoms with Crippen LogP contribution >= 0.6 is 0 Å². The van der Waals surface area contributed by atoms with Crippen molar-refractivity contribution < 1.29 is 23.8 Å². The number of carbonyl (C=O) groups excluding carboxylic acids is 2. The highest BCUT2D eigenvalue weighted by atomic mass is 16.7. The summed E-state index contributed by atoms with van der Waals surface area (Å²) >= 11 is 0. The third kappa shape index (κ3) is 2.19.